The molecule has 166 valence electrons. The minimum atomic E-state index is -0.448. The summed E-state index contributed by atoms with van der Waals surface area (Å²) in [6, 6.07) is 15.1. The van der Waals surface area contributed by atoms with Gasteiger partial charge in [-0.05, 0) is 36.2 Å². The third-order valence-corrected chi connectivity index (χ3v) is 5.43. The first-order valence-corrected chi connectivity index (χ1v) is 10.4. The molecule has 1 aliphatic heterocycles. The lowest BCUT2D eigenvalue weighted by atomic mass is 10.1. The monoisotopic (exact) mass is 435 g/mol. The summed E-state index contributed by atoms with van der Waals surface area (Å²) in [5.74, 6) is 1.44. The molecule has 0 spiro atoms. The summed E-state index contributed by atoms with van der Waals surface area (Å²) in [6.45, 7) is 0.339. The lowest BCUT2D eigenvalue weighted by Gasteiger charge is -2.16. The van der Waals surface area contributed by atoms with Gasteiger partial charge >= 0.3 is 0 Å². The molecule has 1 fully saturated rings. The minimum absolute atomic E-state index is 0.0676. The van der Waals surface area contributed by atoms with Crippen molar-refractivity contribution >= 4 is 23.5 Å². The van der Waals surface area contributed by atoms with E-state index in [2.05, 4.69) is 20.5 Å². The van der Waals surface area contributed by atoms with Gasteiger partial charge < -0.3 is 14.4 Å². The molecule has 4 rings (SSSR count). The fourth-order valence-corrected chi connectivity index (χ4v) is 3.71. The van der Waals surface area contributed by atoms with Crippen LogP contribution in [0.1, 0.15) is 17.8 Å². The fourth-order valence-electron chi connectivity index (χ4n) is 3.71. The number of carbonyl (C=O) groups is 2. The van der Waals surface area contributed by atoms with E-state index in [0.717, 1.165) is 11.3 Å². The van der Waals surface area contributed by atoms with Gasteiger partial charge in [0.25, 0.3) is 0 Å². The Morgan fingerprint density at radius 2 is 1.91 bits per heavy atom. The number of amides is 2. The lowest BCUT2D eigenvalue weighted by Crippen LogP contribution is -2.28. The normalized spacial score (nSPS) is 15.6. The highest BCUT2D eigenvalue weighted by Gasteiger charge is 2.35. The van der Waals surface area contributed by atoms with E-state index in [0.29, 0.717) is 36.7 Å². The first-order chi connectivity index (χ1) is 15.6. The lowest BCUT2D eigenvalue weighted by molar-refractivity contribution is -0.122. The highest BCUT2D eigenvalue weighted by molar-refractivity contribution is 6.03. The van der Waals surface area contributed by atoms with Crippen LogP contribution < -0.4 is 19.7 Å². The number of aryl methyl sites for hydroxylation is 2. The number of nitrogens with one attached hydrogen (secondary N) is 2. The van der Waals surface area contributed by atoms with Crippen LogP contribution in [0.15, 0.2) is 48.5 Å². The van der Waals surface area contributed by atoms with Crippen molar-refractivity contribution in [2.75, 3.05) is 31.0 Å². The van der Waals surface area contributed by atoms with Crippen LogP contribution in [0.25, 0.3) is 0 Å². The summed E-state index contributed by atoms with van der Waals surface area (Å²) in [7, 11) is 3.20. The third kappa shape index (κ3) is 4.72. The van der Waals surface area contributed by atoms with Gasteiger partial charge in [-0.15, -0.1) is 5.10 Å². The van der Waals surface area contributed by atoms with Crippen LogP contribution in [-0.2, 0) is 22.4 Å². The molecule has 1 aromatic heterocycles. The first kappa shape index (κ1) is 21.4. The van der Waals surface area contributed by atoms with Crippen LogP contribution in [0, 0.1) is 5.92 Å². The molecule has 1 aliphatic rings. The number of carbonyl (C=O) groups excluding carboxylic acids is 2. The number of ether oxygens (including phenoxy) is 2. The Labute approximate surface area is 185 Å². The van der Waals surface area contributed by atoms with Crippen molar-refractivity contribution in [2.45, 2.75) is 19.3 Å². The maximum Gasteiger partial charge on any atom is 0.248 e. The van der Waals surface area contributed by atoms with E-state index in [9.17, 15) is 9.59 Å². The average Bonchev–Trinajstić information content (AvgIpc) is 3.44. The predicted octanol–water partition coefficient (Wildman–Crippen LogP) is 2.60. The van der Waals surface area contributed by atoms with Gasteiger partial charge in [-0.1, -0.05) is 24.3 Å². The third-order valence-electron chi connectivity index (χ3n) is 5.43. The highest BCUT2D eigenvalue weighted by Crippen LogP contribution is 2.28. The Kier molecular flexibility index (Phi) is 6.34. The van der Waals surface area contributed by atoms with Crippen molar-refractivity contribution in [3.63, 3.8) is 0 Å². The molecule has 2 aromatic carbocycles. The molecule has 1 atom stereocenters. The van der Waals surface area contributed by atoms with Crippen LogP contribution in [0.3, 0.4) is 0 Å². The molecular weight excluding hydrogens is 410 g/mol. The van der Waals surface area contributed by atoms with Gasteiger partial charge in [0.15, 0.2) is 11.5 Å². The summed E-state index contributed by atoms with van der Waals surface area (Å²) < 4.78 is 10.6. The number of para-hydroxylation sites is 1. The maximum atomic E-state index is 12.6. The molecule has 1 saturated heterocycles. The van der Waals surface area contributed by atoms with Gasteiger partial charge in [0, 0.05) is 25.1 Å². The van der Waals surface area contributed by atoms with Crippen molar-refractivity contribution in [1.29, 1.82) is 0 Å². The van der Waals surface area contributed by atoms with Crippen LogP contribution >= 0.6 is 0 Å². The summed E-state index contributed by atoms with van der Waals surface area (Å²) in [5, 5.41) is 9.66. The number of aromatic nitrogens is 3. The van der Waals surface area contributed by atoms with Crippen LogP contribution in [0.5, 0.6) is 11.5 Å². The number of hydrogen-bond donors (Lipinski definition) is 2. The van der Waals surface area contributed by atoms with E-state index in [1.807, 2.05) is 48.5 Å². The molecule has 2 N–H and O–H groups in total. The number of anilines is 2. The average molecular weight is 435 g/mol. The first-order valence-electron chi connectivity index (χ1n) is 10.4. The Hall–Kier alpha value is -3.88. The second-order valence-electron chi connectivity index (χ2n) is 7.53. The molecule has 9 heteroatoms. The zero-order valence-corrected chi connectivity index (χ0v) is 18.0. The largest absolute Gasteiger partial charge is 0.493 e. The molecule has 32 heavy (non-hydrogen) atoms. The highest BCUT2D eigenvalue weighted by atomic mass is 16.5. The van der Waals surface area contributed by atoms with Gasteiger partial charge in [0.05, 0.1) is 20.1 Å². The molecular formula is C23H25N5O4. The SMILES string of the molecule is COc1ccc(CCc2nc(NC(=O)[C@@H]3CC(=O)N(c4ccccc4)C3)n[nH]2)cc1OC. The number of benzene rings is 2. The van der Waals surface area contributed by atoms with Gasteiger partial charge in [-0.3, -0.25) is 20.0 Å². The van der Waals surface area contributed by atoms with E-state index >= 15 is 0 Å². The van der Waals surface area contributed by atoms with Crippen molar-refractivity contribution < 1.29 is 19.1 Å². The molecule has 2 heterocycles. The van der Waals surface area contributed by atoms with Gasteiger partial charge in [0.2, 0.25) is 17.8 Å². The van der Waals surface area contributed by atoms with E-state index in [1.165, 1.54) is 0 Å². The van der Waals surface area contributed by atoms with Crippen molar-refractivity contribution in [2.24, 2.45) is 5.92 Å². The van der Waals surface area contributed by atoms with Gasteiger partial charge in [0.1, 0.15) is 5.82 Å². The molecule has 0 aliphatic carbocycles. The van der Waals surface area contributed by atoms with Gasteiger partial charge in [-0.2, -0.15) is 4.98 Å². The summed E-state index contributed by atoms with van der Waals surface area (Å²) in [5.41, 5.74) is 1.86. The molecule has 0 unspecified atom stereocenters. The molecule has 2 amide bonds. The predicted molar refractivity (Wildman–Crippen MR) is 119 cm³/mol. The Morgan fingerprint density at radius 1 is 1.12 bits per heavy atom. The molecule has 0 radical (unpaired) electrons. The van der Waals surface area contributed by atoms with E-state index in [1.54, 1.807) is 19.1 Å². The molecule has 9 nitrogen and oxygen atoms in total. The number of nitrogens with zero attached hydrogens (tertiary/aromatic N) is 3. The standard InChI is InChI=1S/C23H25N5O4/c1-31-18-10-8-15(12-19(18)32-2)9-11-20-24-23(27-26-20)25-22(30)16-13-21(29)28(14-16)17-6-4-3-5-7-17/h3-8,10,12,16H,9,11,13-14H2,1-2H3,(H2,24,25,26,27,30)/t16-/m1/s1. The second-order valence-corrected chi connectivity index (χ2v) is 7.53. The number of methoxy groups -OCH3 is 2. The topological polar surface area (TPSA) is 109 Å². The summed E-state index contributed by atoms with van der Waals surface area (Å²) in [4.78, 5) is 31.0. The Balaban J connectivity index is 1.32. The molecule has 3 aromatic rings. The quantitative estimate of drug-likeness (QED) is 0.563. The summed E-state index contributed by atoms with van der Waals surface area (Å²) in [6.07, 6.45) is 1.49. The Morgan fingerprint density at radius 3 is 2.66 bits per heavy atom. The van der Waals surface area contributed by atoms with Gasteiger partial charge in [-0.25, -0.2) is 0 Å². The number of rotatable bonds is 8. The zero-order chi connectivity index (χ0) is 22.5. The minimum Gasteiger partial charge on any atom is -0.493 e. The number of H-pyrrole nitrogens is 1. The zero-order valence-electron chi connectivity index (χ0n) is 18.0. The second kappa shape index (κ2) is 9.51. The summed E-state index contributed by atoms with van der Waals surface area (Å²) >= 11 is 0. The van der Waals surface area contributed by atoms with Crippen LogP contribution in [0.4, 0.5) is 11.6 Å². The van der Waals surface area contributed by atoms with E-state index < -0.39 is 5.92 Å². The van der Waals surface area contributed by atoms with Crippen molar-refractivity contribution in [1.82, 2.24) is 15.2 Å². The van der Waals surface area contributed by atoms with Crippen molar-refractivity contribution in [3.8, 4) is 11.5 Å². The van der Waals surface area contributed by atoms with Crippen LogP contribution in [0.2, 0.25) is 0 Å². The van der Waals surface area contributed by atoms with Crippen molar-refractivity contribution in [3.05, 3.63) is 59.9 Å². The van der Waals surface area contributed by atoms with E-state index in [4.69, 9.17) is 9.47 Å². The fraction of sp³-hybridized carbons (Fsp3) is 0.304. The number of hydrogen-bond acceptors (Lipinski definition) is 6. The molecule has 0 saturated carbocycles. The Bertz CT molecular complexity index is 1100. The maximum absolute atomic E-state index is 12.6. The van der Waals surface area contributed by atoms with Crippen LogP contribution in [-0.4, -0.2) is 47.8 Å². The number of aromatic amines is 1. The molecule has 0 bridgehead atoms. The van der Waals surface area contributed by atoms with E-state index in [-0.39, 0.29) is 24.2 Å². The smallest absolute Gasteiger partial charge is 0.248 e.